The topological polar surface area (TPSA) is 107 Å². The fraction of sp³-hybridized carbons (Fsp3) is 0. The van der Waals surface area contributed by atoms with E-state index in [1.54, 1.807) is 36.5 Å². The first-order chi connectivity index (χ1) is 13.5. The van der Waals surface area contributed by atoms with Gasteiger partial charge in [0.25, 0.3) is 5.91 Å². The van der Waals surface area contributed by atoms with Gasteiger partial charge in [0.15, 0.2) is 10.1 Å². The zero-order valence-electron chi connectivity index (χ0n) is 14.2. The predicted molar refractivity (Wildman–Crippen MR) is 108 cm³/mol. The van der Waals surface area contributed by atoms with Gasteiger partial charge in [0, 0.05) is 29.5 Å². The van der Waals surface area contributed by atoms with Crippen LogP contribution in [0.4, 0.5) is 5.69 Å². The van der Waals surface area contributed by atoms with Gasteiger partial charge in [-0.2, -0.15) is 5.10 Å². The average molecular weight is 413 g/mol. The van der Waals surface area contributed by atoms with Crippen molar-refractivity contribution in [3.63, 3.8) is 0 Å². The Hall–Kier alpha value is -3.43. The second-order valence-electron chi connectivity index (χ2n) is 5.72. The first-order valence-electron chi connectivity index (χ1n) is 8.07. The van der Waals surface area contributed by atoms with Gasteiger partial charge in [0.1, 0.15) is 5.69 Å². The van der Waals surface area contributed by atoms with E-state index in [1.165, 1.54) is 28.2 Å². The minimum absolute atomic E-state index is 0.181. The number of nitrogens with one attached hydrogen (secondary N) is 1. The number of carbonyl (C=O) groups excluding carboxylic acids is 2. The van der Waals surface area contributed by atoms with Crippen molar-refractivity contribution < 1.29 is 9.59 Å². The largest absolute Gasteiger partial charge is 0.364 e. The van der Waals surface area contributed by atoms with Gasteiger partial charge in [0.05, 0.1) is 11.4 Å². The third-order valence-corrected chi connectivity index (χ3v) is 4.92. The highest BCUT2D eigenvalue weighted by Crippen LogP contribution is 2.22. The van der Waals surface area contributed by atoms with Crippen LogP contribution < -0.4 is 11.1 Å². The summed E-state index contributed by atoms with van der Waals surface area (Å²) in [7, 11) is 0. The van der Waals surface area contributed by atoms with E-state index in [0.717, 1.165) is 10.6 Å². The summed E-state index contributed by atoms with van der Waals surface area (Å²) in [5.41, 5.74) is 7.37. The third-order valence-electron chi connectivity index (χ3n) is 3.89. The number of carbonyl (C=O) groups is 2. The van der Waals surface area contributed by atoms with Crippen molar-refractivity contribution in [1.29, 1.82) is 0 Å². The normalized spacial score (nSPS) is 11.3. The number of primary amides is 1. The maximum Gasteiger partial charge on any atom is 0.269 e. The molecular weight excluding hydrogens is 400 g/mol. The van der Waals surface area contributed by atoms with E-state index in [-0.39, 0.29) is 11.6 Å². The number of nitrogens with two attached hydrogens (primary N) is 1. The second-order valence-corrected chi connectivity index (χ2v) is 6.95. The molecule has 0 aliphatic rings. The zero-order chi connectivity index (χ0) is 19.7. The smallest absolute Gasteiger partial charge is 0.269 e. The van der Waals surface area contributed by atoms with E-state index < -0.39 is 5.91 Å². The number of fused-ring (bicyclic) bond motifs is 1. The van der Waals surface area contributed by atoms with Crippen LogP contribution in [-0.2, 0) is 4.79 Å². The Bertz CT molecular complexity index is 1200. The van der Waals surface area contributed by atoms with Gasteiger partial charge in [-0.25, -0.2) is 9.67 Å². The average Bonchev–Trinajstić information content (AvgIpc) is 3.37. The SMILES string of the molecule is NC(=O)c1ccn(-c2ccc(NC(=O)/C=C/c3c(Cl)nc4sccn34)cc2)n1. The highest BCUT2D eigenvalue weighted by Gasteiger charge is 2.09. The highest BCUT2D eigenvalue weighted by atomic mass is 35.5. The van der Waals surface area contributed by atoms with Gasteiger partial charge < -0.3 is 11.1 Å². The molecule has 140 valence electrons. The minimum Gasteiger partial charge on any atom is -0.364 e. The van der Waals surface area contributed by atoms with Crippen LogP contribution >= 0.6 is 22.9 Å². The molecule has 28 heavy (non-hydrogen) atoms. The summed E-state index contributed by atoms with van der Waals surface area (Å²) in [5, 5.41) is 9.08. The molecule has 3 aromatic heterocycles. The number of amides is 2. The van der Waals surface area contributed by atoms with Crippen LogP contribution in [0, 0.1) is 0 Å². The molecule has 0 saturated carbocycles. The number of rotatable bonds is 5. The van der Waals surface area contributed by atoms with E-state index in [4.69, 9.17) is 17.3 Å². The summed E-state index contributed by atoms with van der Waals surface area (Å²) in [6.45, 7) is 0. The standard InChI is InChI=1S/C18H13ClN6O2S/c19-16-14(24-9-10-28-18(24)22-16)5-6-15(26)21-11-1-3-12(4-2-11)25-8-7-13(23-25)17(20)27/h1-10H,(H2,20,27)(H,21,26)/b6-5+. The summed E-state index contributed by atoms with van der Waals surface area (Å²) >= 11 is 7.57. The summed E-state index contributed by atoms with van der Waals surface area (Å²) < 4.78 is 3.34. The van der Waals surface area contributed by atoms with Crippen LogP contribution in [0.25, 0.3) is 16.7 Å². The molecule has 0 aliphatic heterocycles. The third kappa shape index (κ3) is 3.53. The Morgan fingerprint density at radius 3 is 2.68 bits per heavy atom. The van der Waals surface area contributed by atoms with E-state index in [1.807, 2.05) is 16.0 Å². The summed E-state index contributed by atoms with van der Waals surface area (Å²) in [6, 6.07) is 8.53. The van der Waals surface area contributed by atoms with Gasteiger partial charge in [-0.3, -0.25) is 14.0 Å². The molecule has 4 aromatic rings. The molecule has 10 heteroatoms. The molecule has 0 bridgehead atoms. The van der Waals surface area contributed by atoms with E-state index in [0.29, 0.717) is 16.5 Å². The van der Waals surface area contributed by atoms with Crippen LogP contribution in [0.5, 0.6) is 0 Å². The molecule has 1 aromatic carbocycles. The van der Waals surface area contributed by atoms with E-state index >= 15 is 0 Å². The van der Waals surface area contributed by atoms with Crippen molar-refractivity contribution >= 4 is 51.5 Å². The maximum absolute atomic E-state index is 12.2. The second kappa shape index (κ2) is 7.29. The van der Waals surface area contributed by atoms with Crippen molar-refractivity contribution in [2.75, 3.05) is 5.32 Å². The van der Waals surface area contributed by atoms with Crippen LogP contribution in [0.2, 0.25) is 5.15 Å². The monoisotopic (exact) mass is 412 g/mol. The van der Waals surface area contributed by atoms with Crippen molar-refractivity contribution in [2.24, 2.45) is 5.73 Å². The lowest BCUT2D eigenvalue weighted by Crippen LogP contribution is -2.12. The number of imidazole rings is 1. The van der Waals surface area contributed by atoms with Gasteiger partial charge in [-0.15, -0.1) is 11.3 Å². The number of nitrogens with zero attached hydrogens (tertiary/aromatic N) is 4. The number of anilines is 1. The minimum atomic E-state index is -0.590. The maximum atomic E-state index is 12.2. The Kier molecular flexibility index (Phi) is 4.68. The molecule has 4 rings (SSSR count). The molecular formula is C18H13ClN6O2S. The predicted octanol–water partition coefficient (Wildman–Crippen LogP) is 2.99. The number of halogens is 1. The first kappa shape index (κ1) is 18.0. The van der Waals surface area contributed by atoms with Crippen molar-refractivity contribution in [3.05, 3.63) is 70.7 Å². The summed E-state index contributed by atoms with van der Waals surface area (Å²) in [6.07, 6.45) is 6.49. The lowest BCUT2D eigenvalue weighted by atomic mass is 10.2. The number of aromatic nitrogens is 4. The molecule has 0 fully saturated rings. The Labute approximate surface area is 167 Å². The molecule has 0 spiro atoms. The van der Waals surface area contributed by atoms with Gasteiger partial charge in [-0.1, -0.05) is 11.6 Å². The van der Waals surface area contributed by atoms with Gasteiger partial charge in [0.2, 0.25) is 5.91 Å². The Morgan fingerprint density at radius 2 is 1.96 bits per heavy atom. The molecule has 0 radical (unpaired) electrons. The Balaban J connectivity index is 1.45. The fourth-order valence-corrected chi connectivity index (χ4v) is 3.57. The number of benzene rings is 1. The van der Waals surface area contributed by atoms with E-state index in [9.17, 15) is 9.59 Å². The van der Waals surface area contributed by atoms with Crippen molar-refractivity contribution in [2.45, 2.75) is 0 Å². The number of hydrogen-bond acceptors (Lipinski definition) is 5. The van der Waals surface area contributed by atoms with Crippen LogP contribution in [-0.4, -0.2) is 31.0 Å². The molecule has 0 unspecified atom stereocenters. The van der Waals surface area contributed by atoms with Gasteiger partial charge in [-0.05, 0) is 36.4 Å². The summed E-state index contributed by atoms with van der Waals surface area (Å²) in [4.78, 5) is 28.3. The molecule has 0 saturated heterocycles. The molecule has 2 amide bonds. The fourth-order valence-electron chi connectivity index (χ4n) is 2.56. The zero-order valence-corrected chi connectivity index (χ0v) is 15.8. The number of hydrogen-bond donors (Lipinski definition) is 2. The molecule has 0 atom stereocenters. The quantitative estimate of drug-likeness (QED) is 0.491. The lowest BCUT2D eigenvalue weighted by molar-refractivity contribution is -0.111. The molecule has 0 aliphatic carbocycles. The lowest BCUT2D eigenvalue weighted by Gasteiger charge is -2.05. The molecule has 8 nitrogen and oxygen atoms in total. The van der Waals surface area contributed by atoms with Crippen molar-refractivity contribution in [3.8, 4) is 5.69 Å². The number of thiazole rings is 1. The molecule has 3 N–H and O–H groups in total. The van der Waals surface area contributed by atoms with Crippen LogP contribution in [0.1, 0.15) is 16.2 Å². The Morgan fingerprint density at radius 1 is 1.18 bits per heavy atom. The van der Waals surface area contributed by atoms with Gasteiger partial charge >= 0.3 is 0 Å². The summed E-state index contributed by atoms with van der Waals surface area (Å²) in [5.74, 6) is -0.892. The first-order valence-corrected chi connectivity index (χ1v) is 9.33. The molecule has 3 heterocycles. The van der Waals surface area contributed by atoms with E-state index in [2.05, 4.69) is 15.4 Å². The highest BCUT2D eigenvalue weighted by molar-refractivity contribution is 7.15. The van der Waals surface area contributed by atoms with Crippen LogP contribution in [0.3, 0.4) is 0 Å². The van der Waals surface area contributed by atoms with Crippen molar-refractivity contribution in [1.82, 2.24) is 19.2 Å². The van der Waals surface area contributed by atoms with Crippen LogP contribution in [0.15, 0.2) is 54.2 Å².